The molecule has 1 unspecified atom stereocenters. The highest BCUT2D eigenvalue weighted by Gasteiger charge is 2.47. The molecule has 1 aromatic heterocycles. The molecule has 0 saturated heterocycles. The van der Waals surface area contributed by atoms with Crippen LogP contribution in [0.1, 0.15) is 51.2 Å². The number of hydrogen-bond acceptors (Lipinski definition) is 19. The van der Waals surface area contributed by atoms with E-state index in [0.29, 0.717) is 50.8 Å². The molecule has 0 aliphatic carbocycles. The molecule has 3 heterocycles. The van der Waals surface area contributed by atoms with Crippen LogP contribution >= 0.6 is 0 Å². The maximum atomic E-state index is 12.7. The first-order chi connectivity index (χ1) is 39.2. The fourth-order valence-electron chi connectivity index (χ4n) is 10.4. The minimum Gasteiger partial charge on any atom is -0.492 e. The van der Waals surface area contributed by atoms with E-state index in [1.54, 1.807) is 61.6 Å². The number of anilines is 1. The molecule has 0 spiro atoms. The number of methoxy groups -OCH3 is 1. The predicted octanol–water partition coefficient (Wildman–Crippen LogP) is 5.31. The van der Waals surface area contributed by atoms with Crippen LogP contribution in [0.4, 0.5) is 11.4 Å². The number of aromatic hydroxyl groups is 2. The third kappa shape index (κ3) is 14.8. The lowest BCUT2D eigenvalue weighted by atomic mass is 9.75. The summed E-state index contributed by atoms with van der Waals surface area (Å²) >= 11 is 0. The molecule has 26 nitrogen and oxygen atoms in total. The smallest absolute Gasteiger partial charge is 0.335 e. The van der Waals surface area contributed by atoms with Gasteiger partial charge in [0.1, 0.15) is 16.4 Å². The standard InChI is InChI=1S/C53H61N3O23S5/c1-52(2)45(11-8-6-5-7-9-12-46-53(3,20-10-30-80(60,61)62)51-40-32-36(82(66,67)68)34-44(84(72,73)74)38(40)14-16-42(51)55(46)21-24-75-4)54(41-15-13-37-39(50(41)52)31-35(81(63,64)65)33-43(37)83(69,70)71)22-25-77-27-29-78-28-26-76-23-19-49(59)79-56-47(57)17-18-48(56)58/h5-9,11-18,31-34H,10,19-30H2,1-4H3,(H6-,57,58,60,61,62,63,64,65,66,67,68,69,70,71,72,73,74)/p+1. The van der Waals surface area contributed by atoms with Gasteiger partial charge in [-0.05, 0) is 92.4 Å². The molecule has 0 bridgehead atoms. The maximum absolute atomic E-state index is 12.7. The Morgan fingerprint density at radius 2 is 1.13 bits per heavy atom. The fourth-order valence-corrected chi connectivity index (χ4v) is 13.6. The van der Waals surface area contributed by atoms with Gasteiger partial charge in [0.2, 0.25) is 17.4 Å². The van der Waals surface area contributed by atoms with Crippen LogP contribution in [-0.4, -0.2) is 168 Å². The van der Waals surface area contributed by atoms with Gasteiger partial charge in [-0.1, -0.05) is 36.4 Å². The minimum absolute atomic E-state index is 0.00892. The van der Waals surface area contributed by atoms with E-state index >= 15 is 0 Å². The third-order valence-electron chi connectivity index (χ3n) is 14.0. The zero-order valence-corrected chi connectivity index (χ0v) is 49.6. The molecule has 0 saturated carbocycles. The molecule has 5 aromatic rings. The van der Waals surface area contributed by atoms with Crippen LogP contribution in [0.2, 0.25) is 0 Å². The van der Waals surface area contributed by atoms with Crippen molar-refractivity contribution >= 4 is 95.2 Å². The van der Waals surface area contributed by atoms with Crippen LogP contribution in [0.15, 0.2) is 128 Å². The fraction of sp³-hybridized carbons (Fsp3) is 0.358. The highest BCUT2D eigenvalue weighted by Crippen LogP contribution is 2.54. The normalized spacial score (nSPS) is 17.3. The highest BCUT2D eigenvalue weighted by molar-refractivity contribution is 7.87. The second kappa shape index (κ2) is 25.6. The lowest BCUT2D eigenvalue weighted by Crippen LogP contribution is -2.31. The average molecular weight is 1270 g/mol. The lowest BCUT2D eigenvalue weighted by Gasteiger charge is -2.30. The molecule has 84 heavy (non-hydrogen) atoms. The number of hydrogen-bond donors (Lipinski definition) is 7. The van der Waals surface area contributed by atoms with Gasteiger partial charge in [-0.3, -0.25) is 22.8 Å². The van der Waals surface area contributed by atoms with E-state index in [1.807, 2.05) is 23.3 Å². The molecule has 7 N–H and O–H groups in total. The summed E-state index contributed by atoms with van der Waals surface area (Å²) in [4.78, 5) is 15.6. The molecular formula is C53H62N3O23S5+. The van der Waals surface area contributed by atoms with Crippen molar-refractivity contribution in [3.63, 3.8) is 0 Å². The zero-order valence-electron chi connectivity index (χ0n) is 45.6. The summed E-state index contributed by atoms with van der Waals surface area (Å²) in [6.45, 7) is 6.44. The topological polar surface area (TPSA) is 387 Å². The van der Waals surface area contributed by atoms with E-state index in [4.69, 9.17) is 23.8 Å². The van der Waals surface area contributed by atoms with E-state index in [1.165, 1.54) is 19.2 Å². The lowest BCUT2D eigenvalue weighted by molar-refractivity contribution is -0.442. The Morgan fingerprint density at radius 3 is 1.68 bits per heavy atom. The summed E-state index contributed by atoms with van der Waals surface area (Å²) in [5.74, 6) is -2.37. The Labute approximate surface area is 484 Å². The van der Waals surface area contributed by atoms with E-state index in [2.05, 4.69) is 0 Å². The predicted molar refractivity (Wildman–Crippen MR) is 304 cm³/mol. The third-order valence-corrected chi connectivity index (χ3v) is 18.2. The number of carbonyl (C=O) groups is 1. The summed E-state index contributed by atoms with van der Waals surface area (Å²) < 4.78 is 200. The Morgan fingerprint density at radius 1 is 0.607 bits per heavy atom. The molecule has 0 amide bonds. The Balaban J connectivity index is 1.16. The van der Waals surface area contributed by atoms with E-state index in [-0.39, 0.29) is 100 Å². The van der Waals surface area contributed by atoms with Crippen LogP contribution in [0.3, 0.4) is 0 Å². The Hall–Kier alpha value is -6.43. The van der Waals surface area contributed by atoms with Crippen molar-refractivity contribution in [1.29, 1.82) is 0 Å². The van der Waals surface area contributed by atoms with Gasteiger partial charge >= 0.3 is 5.97 Å². The van der Waals surface area contributed by atoms with Crippen molar-refractivity contribution in [2.75, 3.05) is 77.1 Å². The Bertz CT molecular complexity index is 4110. The van der Waals surface area contributed by atoms with Crippen molar-refractivity contribution in [3.8, 4) is 11.8 Å². The highest BCUT2D eigenvalue weighted by atomic mass is 32.2. The first-order valence-electron chi connectivity index (χ1n) is 25.5. The van der Waals surface area contributed by atoms with Crippen LogP contribution in [0, 0.1) is 0 Å². The molecule has 0 fully saturated rings. The molecule has 31 heteroatoms. The van der Waals surface area contributed by atoms with Crippen molar-refractivity contribution in [2.45, 2.75) is 70.4 Å². The molecule has 1 atom stereocenters. The first kappa shape index (κ1) is 65.1. The van der Waals surface area contributed by atoms with E-state index < -0.39 is 104 Å². The van der Waals surface area contributed by atoms with Gasteiger partial charge in [0.15, 0.2) is 12.3 Å². The minimum atomic E-state index is -5.09. The quantitative estimate of drug-likeness (QED) is 0.0144. The molecule has 0 radical (unpaired) electrons. The summed E-state index contributed by atoms with van der Waals surface area (Å²) in [6.07, 6.45) is 11.5. The van der Waals surface area contributed by atoms with Crippen LogP contribution in [-0.2, 0) is 85.2 Å². The second-order valence-electron chi connectivity index (χ2n) is 20.0. The van der Waals surface area contributed by atoms with Gasteiger partial charge in [-0.15, -0.1) is 4.73 Å². The number of nitrogens with zero attached hydrogens (tertiary/aromatic N) is 3. The monoisotopic (exact) mass is 1270 g/mol. The van der Waals surface area contributed by atoms with Crippen molar-refractivity contribution in [2.24, 2.45) is 0 Å². The van der Waals surface area contributed by atoms with Crippen molar-refractivity contribution in [3.05, 3.63) is 120 Å². The molecule has 4 aromatic carbocycles. The number of aromatic nitrogens is 1. The SMILES string of the molecule is COCCN1C(=CC=CC=CC=CC2=[N+](CCOCCOCCOCCC(=O)On3c(O)ccc3O)c3ccc4c(S(=O)(=O)O)cc(S(=O)(=O)O)cc4c3C2(C)C)C(C)(CCCS(=O)(=O)O)c2c1ccc1c(S(=O)(=O)O)cc(S(=O)(=O)O)cc21. The van der Waals surface area contributed by atoms with E-state index in [9.17, 15) is 79.9 Å². The molecule has 7 rings (SSSR count). The first-order valence-corrected chi connectivity index (χ1v) is 32.8. The Kier molecular flexibility index (Phi) is 19.9. The number of benzene rings is 4. The summed E-state index contributed by atoms with van der Waals surface area (Å²) in [5.41, 5.74) is 0.580. The number of ether oxygens (including phenoxy) is 4. The number of rotatable bonds is 28. The molecule has 2 aliphatic rings. The largest absolute Gasteiger partial charge is 0.492 e. The van der Waals surface area contributed by atoms with E-state index in [0.717, 1.165) is 24.3 Å². The summed E-state index contributed by atoms with van der Waals surface area (Å²) in [6, 6.07) is 11.7. The van der Waals surface area contributed by atoms with Crippen LogP contribution < -0.4 is 9.74 Å². The van der Waals surface area contributed by atoms with Crippen LogP contribution in [0.25, 0.3) is 21.5 Å². The van der Waals surface area contributed by atoms with Crippen molar-refractivity contribution in [1.82, 2.24) is 4.73 Å². The van der Waals surface area contributed by atoms with Gasteiger partial charge < -0.3 is 38.9 Å². The zero-order chi connectivity index (χ0) is 61.8. The number of carbonyl (C=O) groups excluding carboxylic acids is 1. The van der Waals surface area contributed by atoms with Crippen LogP contribution in [0.5, 0.6) is 11.8 Å². The van der Waals surface area contributed by atoms with Gasteiger partial charge in [-0.2, -0.15) is 46.7 Å². The maximum Gasteiger partial charge on any atom is 0.335 e. The average Bonchev–Trinajstić information content (AvgIpc) is 1.85. The summed E-state index contributed by atoms with van der Waals surface area (Å²) in [5, 5.41) is 19.3. The molecular weight excluding hydrogens is 1210 g/mol. The van der Waals surface area contributed by atoms with Gasteiger partial charge in [-0.25, -0.2) is 4.79 Å². The summed E-state index contributed by atoms with van der Waals surface area (Å²) in [7, 11) is -23.2. The van der Waals surface area contributed by atoms with Gasteiger partial charge in [0.25, 0.3) is 50.6 Å². The molecule has 456 valence electrons. The van der Waals surface area contributed by atoms with Gasteiger partial charge in [0.05, 0.1) is 67.0 Å². The van der Waals surface area contributed by atoms with Crippen molar-refractivity contribution < 1.29 is 108 Å². The second-order valence-corrected chi connectivity index (χ2v) is 27.2. The number of allylic oxidation sites excluding steroid dienone is 8. The number of fused-ring (bicyclic) bond motifs is 6. The molecule has 2 aliphatic heterocycles. The van der Waals surface area contributed by atoms with Gasteiger partial charge in [0, 0.05) is 71.1 Å².